The second-order valence-electron chi connectivity index (χ2n) is 4.77. The van der Waals surface area contributed by atoms with E-state index in [2.05, 4.69) is 10.3 Å². The van der Waals surface area contributed by atoms with Crippen LogP contribution in [0.5, 0.6) is 0 Å². The zero-order chi connectivity index (χ0) is 15.5. The summed E-state index contributed by atoms with van der Waals surface area (Å²) in [4.78, 5) is 26.8. The molecule has 0 saturated carbocycles. The van der Waals surface area contributed by atoms with E-state index >= 15 is 0 Å². The van der Waals surface area contributed by atoms with Crippen LogP contribution in [0.1, 0.15) is 5.69 Å². The number of hydrogen-bond donors (Lipinski definition) is 2. The Morgan fingerprint density at radius 2 is 2.09 bits per heavy atom. The molecule has 3 aromatic rings. The summed E-state index contributed by atoms with van der Waals surface area (Å²) in [6, 6.07) is 9.78. The Hall–Kier alpha value is -2.67. The molecule has 6 nitrogen and oxygen atoms in total. The van der Waals surface area contributed by atoms with E-state index < -0.39 is 5.97 Å². The number of nitrogens with zero attached hydrogens (tertiary/aromatic N) is 2. The van der Waals surface area contributed by atoms with Gasteiger partial charge in [0.25, 0.3) is 0 Å². The molecular weight excluding hydrogens is 302 g/mol. The zero-order valence-electron chi connectivity index (χ0n) is 11.5. The first kappa shape index (κ1) is 14.3. The quantitative estimate of drug-likeness (QED) is 0.757. The molecule has 0 saturated heterocycles. The summed E-state index contributed by atoms with van der Waals surface area (Å²) < 4.78 is 1.86. The van der Waals surface area contributed by atoms with E-state index in [1.807, 2.05) is 41.1 Å². The number of rotatable bonds is 5. The maximum Gasteiger partial charge on any atom is 0.309 e. The average Bonchev–Trinajstić information content (AvgIpc) is 3.06. The smallest absolute Gasteiger partial charge is 0.309 e. The van der Waals surface area contributed by atoms with Crippen LogP contribution in [0.15, 0.2) is 41.9 Å². The molecule has 0 radical (unpaired) electrons. The first-order valence-electron chi connectivity index (χ1n) is 6.62. The first-order valence-corrected chi connectivity index (χ1v) is 7.50. The topological polar surface area (TPSA) is 84.2 Å². The highest BCUT2D eigenvalue weighted by Crippen LogP contribution is 2.17. The standard InChI is InChI=1S/C15H13N3O3S/c19-13(17-15-16-11(9-22-15)7-14(20)21)8-18-6-5-10-3-1-2-4-12(10)18/h1-6,9H,7-8H2,(H,20,21)(H,16,17,19). The van der Waals surface area contributed by atoms with Crippen LogP contribution in [0.4, 0.5) is 5.13 Å². The zero-order valence-corrected chi connectivity index (χ0v) is 12.3. The van der Waals surface area contributed by atoms with Crippen LogP contribution in [0.3, 0.4) is 0 Å². The lowest BCUT2D eigenvalue weighted by molar-refractivity contribution is -0.136. The molecule has 0 aliphatic rings. The number of nitrogens with one attached hydrogen (secondary N) is 1. The van der Waals surface area contributed by atoms with Crippen molar-refractivity contribution in [3.05, 3.63) is 47.6 Å². The SMILES string of the molecule is O=C(O)Cc1csc(NC(=O)Cn2ccc3ccccc32)n1. The van der Waals surface area contributed by atoms with Crippen molar-refractivity contribution in [2.24, 2.45) is 0 Å². The Morgan fingerprint density at radius 3 is 2.91 bits per heavy atom. The molecule has 2 N–H and O–H groups in total. The summed E-state index contributed by atoms with van der Waals surface area (Å²) in [5, 5.41) is 14.5. The summed E-state index contributed by atoms with van der Waals surface area (Å²) in [5.74, 6) is -1.14. The van der Waals surface area contributed by atoms with Crippen molar-refractivity contribution in [3.63, 3.8) is 0 Å². The molecule has 0 aliphatic heterocycles. The second kappa shape index (κ2) is 5.98. The number of aliphatic carboxylic acids is 1. The lowest BCUT2D eigenvalue weighted by atomic mass is 10.2. The number of carbonyl (C=O) groups is 2. The van der Waals surface area contributed by atoms with Crippen LogP contribution in [0.25, 0.3) is 10.9 Å². The minimum absolute atomic E-state index is 0.144. The molecule has 0 aliphatic carbocycles. The number of carbonyl (C=O) groups excluding carboxylic acids is 1. The summed E-state index contributed by atoms with van der Waals surface area (Å²) >= 11 is 1.22. The van der Waals surface area contributed by atoms with Crippen LogP contribution in [0.2, 0.25) is 0 Å². The number of para-hydroxylation sites is 1. The van der Waals surface area contributed by atoms with Crippen molar-refractivity contribution in [2.75, 3.05) is 5.32 Å². The minimum Gasteiger partial charge on any atom is -0.481 e. The van der Waals surface area contributed by atoms with Gasteiger partial charge in [0, 0.05) is 17.1 Å². The minimum atomic E-state index is -0.943. The summed E-state index contributed by atoms with van der Waals surface area (Å²) in [6.07, 6.45) is 1.72. The van der Waals surface area contributed by atoms with Crippen LogP contribution in [-0.4, -0.2) is 26.5 Å². The maximum atomic E-state index is 12.1. The fraction of sp³-hybridized carbons (Fsp3) is 0.133. The highest BCUT2D eigenvalue weighted by atomic mass is 32.1. The van der Waals surface area contributed by atoms with Crippen molar-refractivity contribution in [1.82, 2.24) is 9.55 Å². The van der Waals surface area contributed by atoms with E-state index in [-0.39, 0.29) is 18.9 Å². The lowest BCUT2D eigenvalue weighted by Crippen LogP contribution is -2.18. The number of aromatic nitrogens is 2. The van der Waals surface area contributed by atoms with Crippen molar-refractivity contribution in [1.29, 1.82) is 0 Å². The summed E-state index contributed by atoms with van der Waals surface area (Å²) in [7, 11) is 0. The highest BCUT2D eigenvalue weighted by Gasteiger charge is 2.10. The molecule has 7 heteroatoms. The molecule has 112 valence electrons. The number of amides is 1. The molecule has 0 bridgehead atoms. The van der Waals surface area contributed by atoms with Crippen LogP contribution >= 0.6 is 11.3 Å². The number of fused-ring (bicyclic) bond motifs is 1. The normalized spacial score (nSPS) is 10.7. The van der Waals surface area contributed by atoms with E-state index in [0.717, 1.165) is 10.9 Å². The molecular formula is C15H13N3O3S. The van der Waals surface area contributed by atoms with Crippen molar-refractivity contribution >= 4 is 39.2 Å². The number of anilines is 1. The van der Waals surface area contributed by atoms with Crippen LogP contribution in [-0.2, 0) is 22.6 Å². The predicted molar refractivity (Wildman–Crippen MR) is 84.0 cm³/mol. The van der Waals surface area contributed by atoms with Gasteiger partial charge in [-0.2, -0.15) is 0 Å². The molecule has 22 heavy (non-hydrogen) atoms. The van der Waals surface area contributed by atoms with Gasteiger partial charge in [0.05, 0.1) is 12.1 Å². The van der Waals surface area contributed by atoms with E-state index in [9.17, 15) is 9.59 Å². The van der Waals surface area contributed by atoms with Gasteiger partial charge < -0.3 is 15.0 Å². The molecule has 1 aromatic carbocycles. The number of hydrogen-bond acceptors (Lipinski definition) is 4. The van der Waals surface area contributed by atoms with Gasteiger partial charge in [-0.3, -0.25) is 9.59 Å². The second-order valence-corrected chi connectivity index (χ2v) is 5.62. The Labute approximate surface area is 130 Å². The molecule has 0 atom stereocenters. The van der Waals surface area contributed by atoms with Gasteiger partial charge in [-0.25, -0.2) is 4.98 Å². The van der Waals surface area contributed by atoms with E-state index in [1.165, 1.54) is 11.3 Å². The van der Waals surface area contributed by atoms with E-state index in [0.29, 0.717) is 10.8 Å². The Morgan fingerprint density at radius 1 is 1.27 bits per heavy atom. The monoisotopic (exact) mass is 315 g/mol. The van der Waals surface area contributed by atoms with Gasteiger partial charge in [0.1, 0.15) is 6.54 Å². The van der Waals surface area contributed by atoms with E-state index in [4.69, 9.17) is 5.11 Å². The number of carboxylic acid groups (broad SMARTS) is 1. The number of carboxylic acids is 1. The van der Waals surface area contributed by atoms with Gasteiger partial charge in [0.2, 0.25) is 5.91 Å². The molecule has 0 spiro atoms. The molecule has 2 aromatic heterocycles. The summed E-state index contributed by atoms with van der Waals surface area (Å²) in [6.45, 7) is 0.182. The van der Waals surface area contributed by atoms with Crippen LogP contribution < -0.4 is 5.32 Å². The number of thiazole rings is 1. The summed E-state index contributed by atoms with van der Waals surface area (Å²) in [5.41, 5.74) is 1.43. The van der Waals surface area contributed by atoms with Gasteiger partial charge in [-0.1, -0.05) is 18.2 Å². The predicted octanol–water partition coefficient (Wildman–Crippen LogP) is 2.36. The third kappa shape index (κ3) is 3.15. The third-order valence-corrected chi connectivity index (χ3v) is 3.93. The fourth-order valence-electron chi connectivity index (χ4n) is 2.19. The molecule has 1 amide bonds. The first-order chi connectivity index (χ1) is 10.6. The highest BCUT2D eigenvalue weighted by molar-refractivity contribution is 7.13. The molecule has 3 rings (SSSR count). The van der Waals surface area contributed by atoms with Gasteiger partial charge >= 0.3 is 5.97 Å². The van der Waals surface area contributed by atoms with Crippen molar-refractivity contribution in [3.8, 4) is 0 Å². The number of benzene rings is 1. The van der Waals surface area contributed by atoms with Crippen LogP contribution in [0, 0.1) is 0 Å². The van der Waals surface area contributed by atoms with Gasteiger partial charge in [0.15, 0.2) is 5.13 Å². The Bertz CT molecular complexity index is 837. The Kier molecular flexibility index (Phi) is 3.88. The maximum absolute atomic E-state index is 12.1. The lowest BCUT2D eigenvalue weighted by Gasteiger charge is -2.05. The Balaban J connectivity index is 1.67. The van der Waals surface area contributed by atoms with Crippen molar-refractivity contribution in [2.45, 2.75) is 13.0 Å². The van der Waals surface area contributed by atoms with Gasteiger partial charge in [-0.15, -0.1) is 11.3 Å². The van der Waals surface area contributed by atoms with E-state index in [1.54, 1.807) is 5.38 Å². The average molecular weight is 315 g/mol. The van der Waals surface area contributed by atoms with Gasteiger partial charge in [-0.05, 0) is 17.5 Å². The fourth-order valence-corrected chi connectivity index (χ4v) is 2.92. The molecule has 0 unspecified atom stereocenters. The van der Waals surface area contributed by atoms with Crippen molar-refractivity contribution < 1.29 is 14.7 Å². The molecule has 0 fully saturated rings. The third-order valence-electron chi connectivity index (χ3n) is 3.12. The largest absolute Gasteiger partial charge is 0.481 e. The molecule has 2 heterocycles.